The summed E-state index contributed by atoms with van der Waals surface area (Å²) < 4.78 is 10.4. The summed E-state index contributed by atoms with van der Waals surface area (Å²) in [7, 11) is 1.44. The number of likely N-dealkylation sites (N-methyl/N-ethyl adjacent to an activating group) is 1. The van der Waals surface area contributed by atoms with Crippen LogP contribution in [0.4, 0.5) is 5.69 Å². The second-order valence-corrected chi connectivity index (χ2v) is 5.85. The van der Waals surface area contributed by atoms with Crippen molar-refractivity contribution >= 4 is 11.6 Å². The second kappa shape index (κ2) is 8.52. The number of hydrogen-bond donors (Lipinski definition) is 0. The number of benzene rings is 1. The van der Waals surface area contributed by atoms with Crippen molar-refractivity contribution in [2.45, 2.75) is 45.1 Å². The van der Waals surface area contributed by atoms with E-state index in [0.717, 1.165) is 25.7 Å². The average molecular weight is 336 g/mol. The van der Waals surface area contributed by atoms with Crippen molar-refractivity contribution in [1.82, 2.24) is 4.90 Å². The molecule has 1 saturated carbocycles. The molecule has 0 unspecified atom stereocenters. The first-order chi connectivity index (χ1) is 11.6. The van der Waals surface area contributed by atoms with Gasteiger partial charge in [-0.1, -0.05) is 19.3 Å². The van der Waals surface area contributed by atoms with E-state index in [0.29, 0.717) is 12.3 Å². The first-order valence-electron chi connectivity index (χ1n) is 8.31. The van der Waals surface area contributed by atoms with E-state index in [-0.39, 0.29) is 30.0 Å². The lowest BCUT2D eigenvalue weighted by Crippen LogP contribution is -2.43. The Bertz CT molecular complexity index is 584. The van der Waals surface area contributed by atoms with E-state index in [4.69, 9.17) is 9.47 Å². The van der Waals surface area contributed by atoms with Crippen LogP contribution in [0.2, 0.25) is 0 Å². The predicted molar refractivity (Wildman–Crippen MR) is 89.4 cm³/mol. The summed E-state index contributed by atoms with van der Waals surface area (Å²) >= 11 is 0. The van der Waals surface area contributed by atoms with Crippen LogP contribution in [0.1, 0.15) is 39.0 Å². The highest BCUT2D eigenvalue weighted by molar-refractivity contribution is 5.78. The molecule has 1 aromatic rings. The Balaban J connectivity index is 2.03. The SMILES string of the molecule is CCN(C(=O)COc1ccc(OC)cc1[N+](=O)[O-])C1CCCCC1. The van der Waals surface area contributed by atoms with Gasteiger partial charge in [0.2, 0.25) is 0 Å². The molecule has 1 aliphatic rings. The Hall–Kier alpha value is -2.31. The zero-order chi connectivity index (χ0) is 17.5. The van der Waals surface area contributed by atoms with Crippen LogP contribution < -0.4 is 9.47 Å². The van der Waals surface area contributed by atoms with Gasteiger partial charge in [-0.15, -0.1) is 0 Å². The van der Waals surface area contributed by atoms with Crippen LogP contribution in [0.25, 0.3) is 0 Å². The summed E-state index contributed by atoms with van der Waals surface area (Å²) in [5.41, 5.74) is -0.206. The fourth-order valence-electron chi connectivity index (χ4n) is 3.14. The van der Waals surface area contributed by atoms with Gasteiger partial charge >= 0.3 is 5.69 Å². The lowest BCUT2D eigenvalue weighted by molar-refractivity contribution is -0.385. The van der Waals surface area contributed by atoms with E-state index >= 15 is 0 Å². The highest BCUT2D eigenvalue weighted by Gasteiger charge is 2.25. The standard InChI is InChI=1S/C17H24N2O5/c1-3-18(13-7-5-4-6-8-13)17(20)12-24-16-10-9-14(23-2)11-15(16)19(21)22/h9-11,13H,3-8,12H2,1-2H3. The van der Waals surface area contributed by atoms with Crippen LogP contribution in [-0.4, -0.2) is 42.0 Å². The number of carbonyl (C=O) groups excluding carboxylic acids is 1. The molecule has 24 heavy (non-hydrogen) atoms. The summed E-state index contributed by atoms with van der Waals surface area (Å²) in [5.74, 6) is 0.320. The summed E-state index contributed by atoms with van der Waals surface area (Å²) in [4.78, 5) is 24.9. The lowest BCUT2D eigenvalue weighted by Gasteiger charge is -2.33. The Labute approximate surface area is 141 Å². The van der Waals surface area contributed by atoms with Gasteiger partial charge in [-0.05, 0) is 31.9 Å². The van der Waals surface area contributed by atoms with Crippen LogP contribution in [0.5, 0.6) is 11.5 Å². The van der Waals surface area contributed by atoms with Crippen molar-refractivity contribution in [3.8, 4) is 11.5 Å². The number of nitrogens with zero attached hydrogens (tertiary/aromatic N) is 2. The monoisotopic (exact) mass is 336 g/mol. The van der Waals surface area contributed by atoms with Crippen molar-refractivity contribution in [2.75, 3.05) is 20.3 Å². The number of nitro benzene ring substituents is 1. The van der Waals surface area contributed by atoms with Crippen molar-refractivity contribution in [3.63, 3.8) is 0 Å². The van der Waals surface area contributed by atoms with Crippen LogP contribution in [-0.2, 0) is 4.79 Å². The molecule has 1 amide bonds. The fourth-order valence-corrected chi connectivity index (χ4v) is 3.14. The van der Waals surface area contributed by atoms with Gasteiger partial charge < -0.3 is 14.4 Å². The molecule has 0 N–H and O–H groups in total. The van der Waals surface area contributed by atoms with Gasteiger partial charge in [-0.2, -0.15) is 0 Å². The van der Waals surface area contributed by atoms with Crippen molar-refractivity contribution < 1.29 is 19.2 Å². The molecule has 0 saturated heterocycles. The number of hydrogen-bond acceptors (Lipinski definition) is 5. The fraction of sp³-hybridized carbons (Fsp3) is 0.588. The maximum atomic E-state index is 12.5. The first-order valence-corrected chi connectivity index (χ1v) is 8.31. The molecule has 1 fully saturated rings. The van der Waals surface area contributed by atoms with E-state index in [9.17, 15) is 14.9 Å². The number of amides is 1. The maximum absolute atomic E-state index is 12.5. The Morgan fingerprint density at radius 2 is 2.04 bits per heavy atom. The number of methoxy groups -OCH3 is 1. The average Bonchev–Trinajstić information content (AvgIpc) is 2.61. The molecule has 132 valence electrons. The molecule has 0 aromatic heterocycles. The Kier molecular flexibility index (Phi) is 6.40. The van der Waals surface area contributed by atoms with Crippen LogP contribution in [0.3, 0.4) is 0 Å². The Morgan fingerprint density at radius 1 is 1.33 bits per heavy atom. The molecule has 0 radical (unpaired) electrons. The van der Waals surface area contributed by atoms with E-state index in [1.165, 1.54) is 25.7 Å². The van der Waals surface area contributed by atoms with Crippen molar-refractivity contribution in [1.29, 1.82) is 0 Å². The van der Waals surface area contributed by atoms with Gasteiger partial charge in [0.15, 0.2) is 12.4 Å². The van der Waals surface area contributed by atoms with Gasteiger partial charge in [-0.25, -0.2) is 0 Å². The van der Waals surface area contributed by atoms with E-state index in [1.807, 2.05) is 11.8 Å². The number of rotatable bonds is 7. The van der Waals surface area contributed by atoms with Crippen molar-refractivity contribution in [3.05, 3.63) is 28.3 Å². The minimum atomic E-state index is -0.541. The van der Waals surface area contributed by atoms with E-state index < -0.39 is 4.92 Å². The highest BCUT2D eigenvalue weighted by Crippen LogP contribution is 2.31. The third kappa shape index (κ3) is 4.37. The lowest BCUT2D eigenvalue weighted by atomic mass is 9.94. The normalized spacial score (nSPS) is 14.9. The highest BCUT2D eigenvalue weighted by atomic mass is 16.6. The topological polar surface area (TPSA) is 81.9 Å². The molecule has 7 nitrogen and oxygen atoms in total. The smallest absolute Gasteiger partial charge is 0.314 e. The second-order valence-electron chi connectivity index (χ2n) is 5.85. The third-order valence-electron chi connectivity index (χ3n) is 4.39. The van der Waals surface area contributed by atoms with Gasteiger partial charge in [-0.3, -0.25) is 14.9 Å². The zero-order valence-electron chi connectivity index (χ0n) is 14.2. The van der Waals surface area contributed by atoms with Gasteiger partial charge in [0, 0.05) is 12.6 Å². The largest absolute Gasteiger partial charge is 0.496 e. The van der Waals surface area contributed by atoms with E-state index in [1.54, 1.807) is 6.07 Å². The molecule has 0 heterocycles. The molecular formula is C17H24N2O5. The molecular weight excluding hydrogens is 312 g/mol. The quantitative estimate of drug-likeness (QED) is 0.564. The third-order valence-corrected chi connectivity index (χ3v) is 4.39. The zero-order valence-corrected chi connectivity index (χ0v) is 14.2. The molecule has 2 rings (SSSR count). The molecule has 1 aliphatic carbocycles. The minimum Gasteiger partial charge on any atom is -0.496 e. The summed E-state index contributed by atoms with van der Waals surface area (Å²) in [6.45, 7) is 2.37. The summed E-state index contributed by atoms with van der Waals surface area (Å²) in [6, 6.07) is 4.58. The molecule has 0 spiro atoms. The molecule has 0 atom stereocenters. The number of ether oxygens (including phenoxy) is 2. The first kappa shape index (κ1) is 18.0. The van der Waals surface area contributed by atoms with Crippen LogP contribution in [0.15, 0.2) is 18.2 Å². The Morgan fingerprint density at radius 3 is 2.62 bits per heavy atom. The predicted octanol–water partition coefficient (Wildman–Crippen LogP) is 3.16. The van der Waals surface area contributed by atoms with Gasteiger partial charge in [0.25, 0.3) is 5.91 Å². The summed E-state index contributed by atoms with van der Waals surface area (Å²) in [6.07, 6.45) is 5.53. The maximum Gasteiger partial charge on any atom is 0.314 e. The minimum absolute atomic E-state index is 0.0776. The van der Waals surface area contributed by atoms with Crippen LogP contribution >= 0.6 is 0 Å². The molecule has 1 aromatic carbocycles. The van der Waals surface area contributed by atoms with Gasteiger partial charge in [0.1, 0.15) is 5.75 Å². The molecule has 0 aliphatic heterocycles. The molecule has 0 bridgehead atoms. The van der Waals surface area contributed by atoms with E-state index in [2.05, 4.69) is 0 Å². The van der Waals surface area contributed by atoms with Crippen molar-refractivity contribution in [2.24, 2.45) is 0 Å². The van der Waals surface area contributed by atoms with Crippen LogP contribution in [0, 0.1) is 10.1 Å². The number of nitro groups is 1. The van der Waals surface area contributed by atoms with Gasteiger partial charge in [0.05, 0.1) is 18.1 Å². The molecule has 7 heteroatoms. The summed E-state index contributed by atoms with van der Waals surface area (Å²) in [5, 5.41) is 11.1. The number of carbonyl (C=O) groups is 1.